The molecule has 1 atom stereocenters. The van der Waals surface area contributed by atoms with E-state index in [1.54, 1.807) is 12.1 Å². The predicted molar refractivity (Wildman–Crippen MR) is 87.4 cm³/mol. The number of nitrogens with two attached hydrogens (primary N) is 1. The van der Waals surface area contributed by atoms with Gasteiger partial charge in [0.25, 0.3) is 0 Å². The summed E-state index contributed by atoms with van der Waals surface area (Å²) >= 11 is 3.53. The van der Waals surface area contributed by atoms with Crippen molar-refractivity contribution in [3.8, 4) is 11.5 Å². The van der Waals surface area contributed by atoms with Crippen molar-refractivity contribution >= 4 is 15.9 Å². The summed E-state index contributed by atoms with van der Waals surface area (Å²) in [5.74, 6) is 0.938. The van der Waals surface area contributed by atoms with Crippen molar-refractivity contribution in [2.45, 2.75) is 33.2 Å². The smallest absolute Gasteiger partial charge is 0.133 e. The highest BCUT2D eigenvalue weighted by molar-refractivity contribution is 9.10. The summed E-state index contributed by atoms with van der Waals surface area (Å²) in [6.45, 7) is 5.85. The van der Waals surface area contributed by atoms with Crippen molar-refractivity contribution < 1.29 is 9.13 Å². The van der Waals surface area contributed by atoms with Gasteiger partial charge in [-0.25, -0.2) is 4.39 Å². The van der Waals surface area contributed by atoms with Crippen LogP contribution in [0.1, 0.15) is 23.6 Å². The molecule has 0 aliphatic heterocycles. The minimum Gasteiger partial charge on any atom is -0.457 e. The Morgan fingerprint density at radius 1 is 1.24 bits per heavy atom. The van der Waals surface area contributed by atoms with Gasteiger partial charge in [0.05, 0.1) is 0 Å². The lowest BCUT2D eigenvalue weighted by Crippen LogP contribution is -2.19. The SMILES string of the molecule is Cc1cc(Oc2cccc(F)c2CC(C)N)cc(C)c1Br. The third-order valence-electron chi connectivity index (χ3n) is 3.24. The van der Waals surface area contributed by atoms with Crippen molar-refractivity contribution in [1.82, 2.24) is 0 Å². The fourth-order valence-electron chi connectivity index (χ4n) is 2.25. The molecule has 0 amide bonds. The Kier molecular flexibility index (Phi) is 5.01. The van der Waals surface area contributed by atoms with Crippen LogP contribution < -0.4 is 10.5 Å². The number of benzene rings is 2. The second-order valence-corrected chi connectivity index (χ2v) is 6.16. The Morgan fingerprint density at radius 2 is 1.86 bits per heavy atom. The van der Waals surface area contributed by atoms with E-state index in [9.17, 15) is 4.39 Å². The molecular formula is C17H19BrFNO. The minimum absolute atomic E-state index is 0.127. The van der Waals surface area contributed by atoms with Gasteiger partial charge in [-0.3, -0.25) is 0 Å². The summed E-state index contributed by atoms with van der Waals surface area (Å²) < 4.78 is 20.9. The van der Waals surface area contributed by atoms with E-state index < -0.39 is 0 Å². The van der Waals surface area contributed by atoms with Gasteiger partial charge in [0.15, 0.2) is 0 Å². The zero-order chi connectivity index (χ0) is 15.6. The molecule has 2 N–H and O–H groups in total. The molecule has 112 valence electrons. The molecule has 4 heteroatoms. The van der Waals surface area contributed by atoms with E-state index in [2.05, 4.69) is 15.9 Å². The Balaban J connectivity index is 2.38. The quantitative estimate of drug-likeness (QED) is 0.851. The van der Waals surface area contributed by atoms with Crippen LogP contribution in [0.3, 0.4) is 0 Å². The number of halogens is 2. The van der Waals surface area contributed by atoms with Crippen LogP contribution in [0.4, 0.5) is 4.39 Å². The van der Waals surface area contributed by atoms with Gasteiger partial charge in [-0.15, -0.1) is 0 Å². The van der Waals surface area contributed by atoms with Gasteiger partial charge >= 0.3 is 0 Å². The van der Waals surface area contributed by atoms with Gasteiger partial charge < -0.3 is 10.5 Å². The Bertz CT molecular complexity index is 632. The fourth-order valence-corrected chi connectivity index (χ4v) is 2.48. The molecule has 0 heterocycles. The Morgan fingerprint density at radius 3 is 2.43 bits per heavy atom. The maximum Gasteiger partial charge on any atom is 0.133 e. The monoisotopic (exact) mass is 351 g/mol. The summed E-state index contributed by atoms with van der Waals surface area (Å²) in [7, 11) is 0. The molecule has 0 spiro atoms. The van der Waals surface area contributed by atoms with Gasteiger partial charge in [0.2, 0.25) is 0 Å². The molecule has 0 radical (unpaired) electrons. The molecule has 0 aliphatic carbocycles. The highest BCUT2D eigenvalue weighted by Crippen LogP contribution is 2.32. The average molecular weight is 352 g/mol. The topological polar surface area (TPSA) is 35.2 Å². The molecule has 1 unspecified atom stereocenters. The largest absolute Gasteiger partial charge is 0.457 e. The fraction of sp³-hybridized carbons (Fsp3) is 0.294. The van der Waals surface area contributed by atoms with Gasteiger partial charge in [-0.05, 0) is 62.6 Å². The standard InChI is InChI=1S/C17H19BrFNO/c1-10-7-13(8-11(2)17(10)18)21-16-6-4-5-15(19)14(16)9-12(3)20/h4-8,12H,9,20H2,1-3H3. The third-order valence-corrected chi connectivity index (χ3v) is 4.49. The first-order chi connectivity index (χ1) is 9.88. The summed E-state index contributed by atoms with van der Waals surface area (Å²) in [5, 5.41) is 0. The van der Waals surface area contributed by atoms with Crippen LogP contribution in [-0.4, -0.2) is 6.04 Å². The summed E-state index contributed by atoms with van der Waals surface area (Å²) in [6, 6.07) is 8.58. The van der Waals surface area contributed by atoms with Gasteiger partial charge in [-0.2, -0.15) is 0 Å². The van der Waals surface area contributed by atoms with Crippen molar-refractivity contribution in [2.75, 3.05) is 0 Å². The van der Waals surface area contributed by atoms with Crippen molar-refractivity contribution in [2.24, 2.45) is 5.73 Å². The van der Waals surface area contributed by atoms with Crippen molar-refractivity contribution in [3.63, 3.8) is 0 Å². The first-order valence-electron chi connectivity index (χ1n) is 6.86. The molecule has 2 aromatic rings. The molecule has 0 aromatic heterocycles. The number of hydrogen-bond donors (Lipinski definition) is 1. The summed E-state index contributed by atoms with van der Waals surface area (Å²) in [4.78, 5) is 0. The maximum atomic E-state index is 14.0. The van der Waals surface area contributed by atoms with Crippen LogP contribution >= 0.6 is 15.9 Å². The van der Waals surface area contributed by atoms with E-state index in [0.29, 0.717) is 23.5 Å². The van der Waals surface area contributed by atoms with Crippen LogP contribution in [0.5, 0.6) is 11.5 Å². The van der Waals surface area contributed by atoms with E-state index in [-0.39, 0.29) is 11.9 Å². The van der Waals surface area contributed by atoms with Gasteiger partial charge in [0, 0.05) is 16.1 Å². The molecule has 0 fully saturated rings. The van der Waals surface area contributed by atoms with Crippen LogP contribution in [0.2, 0.25) is 0 Å². The second kappa shape index (κ2) is 6.58. The van der Waals surface area contributed by atoms with Crippen LogP contribution in [0.15, 0.2) is 34.8 Å². The van der Waals surface area contributed by atoms with Crippen molar-refractivity contribution in [1.29, 1.82) is 0 Å². The normalized spacial score (nSPS) is 12.3. The molecule has 2 aromatic carbocycles. The molecule has 0 aliphatic rings. The first-order valence-corrected chi connectivity index (χ1v) is 7.65. The minimum atomic E-state index is -0.282. The lowest BCUT2D eigenvalue weighted by atomic mass is 10.1. The lowest BCUT2D eigenvalue weighted by molar-refractivity contribution is 0.463. The molecule has 2 rings (SSSR count). The van der Waals surface area contributed by atoms with E-state index in [4.69, 9.17) is 10.5 Å². The zero-order valence-corrected chi connectivity index (χ0v) is 14.0. The molecular weight excluding hydrogens is 333 g/mol. The second-order valence-electron chi connectivity index (χ2n) is 5.37. The molecule has 0 bridgehead atoms. The Hall–Kier alpha value is -1.39. The van der Waals surface area contributed by atoms with Crippen LogP contribution in [0, 0.1) is 19.7 Å². The average Bonchev–Trinajstić information content (AvgIpc) is 2.39. The summed E-state index contributed by atoms with van der Waals surface area (Å²) in [6.07, 6.45) is 0.441. The molecule has 21 heavy (non-hydrogen) atoms. The molecule has 2 nitrogen and oxygen atoms in total. The number of aryl methyl sites for hydroxylation is 2. The lowest BCUT2D eigenvalue weighted by Gasteiger charge is -2.15. The van der Waals surface area contributed by atoms with Gasteiger partial charge in [-0.1, -0.05) is 22.0 Å². The Labute approximate surface area is 133 Å². The number of rotatable bonds is 4. The number of hydrogen-bond acceptors (Lipinski definition) is 2. The predicted octanol–water partition coefficient (Wildman–Crippen LogP) is 4.89. The van der Waals surface area contributed by atoms with Gasteiger partial charge in [0.1, 0.15) is 17.3 Å². The van der Waals surface area contributed by atoms with Crippen LogP contribution in [-0.2, 0) is 6.42 Å². The molecule has 0 saturated heterocycles. The summed E-state index contributed by atoms with van der Waals surface area (Å²) in [5.41, 5.74) is 8.47. The van der Waals surface area contributed by atoms with E-state index in [1.807, 2.05) is 32.9 Å². The zero-order valence-electron chi connectivity index (χ0n) is 12.4. The highest BCUT2D eigenvalue weighted by Gasteiger charge is 2.13. The van der Waals surface area contributed by atoms with Crippen LogP contribution in [0.25, 0.3) is 0 Å². The number of ether oxygens (including phenoxy) is 1. The molecule has 0 saturated carbocycles. The van der Waals surface area contributed by atoms with E-state index in [0.717, 1.165) is 15.6 Å². The maximum absolute atomic E-state index is 14.0. The third kappa shape index (κ3) is 3.83. The van der Waals surface area contributed by atoms with Crippen molar-refractivity contribution in [3.05, 3.63) is 57.3 Å². The highest BCUT2D eigenvalue weighted by atomic mass is 79.9. The van der Waals surface area contributed by atoms with E-state index >= 15 is 0 Å². The van der Waals surface area contributed by atoms with E-state index in [1.165, 1.54) is 6.07 Å². The first kappa shape index (κ1) is 16.0.